The van der Waals surface area contributed by atoms with E-state index >= 15 is 0 Å². The van der Waals surface area contributed by atoms with E-state index < -0.39 is 11.6 Å². The first kappa shape index (κ1) is 22.3. The predicted molar refractivity (Wildman–Crippen MR) is 123 cm³/mol. The fourth-order valence-electron chi connectivity index (χ4n) is 4.31. The van der Waals surface area contributed by atoms with E-state index in [-0.39, 0.29) is 23.0 Å². The molecule has 1 fully saturated rings. The van der Waals surface area contributed by atoms with Crippen LogP contribution in [-0.4, -0.2) is 6.61 Å². The second-order valence-electron chi connectivity index (χ2n) is 8.50. The van der Waals surface area contributed by atoms with E-state index in [9.17, 15) is 13.2 Å². The zero-order valence-electron chi connectivity index (χ0n) is 18.2. The SMILES string of the molecule is C=CCCC1CCC(c2ccc(-c3ccc(-c4ccc(C)c(F)c4F)cc3)cc2F)OC1. The number of hydrogen-bond donors (Lipinski definition) is 0. The third-order valence-corrected chi connectivity index (χ3v) is 6.30. The van der Waals surface area contributed by atoms with Gasteiger partial charge in [-0.25, -0.2) is 13.2 Å². The molecule has 1 aliphatic rings. The molecule has 0 bridgehead atoms. The molecule has 0 aromatic heterocycles. The molecule has 3 aromatic carbocycles. The van der Waals surface area contributed by atoms with Gasteiger partial charge in [0.1, 0.15) is 5.82 Å². The van der Waals surface area contributed by atoms with Crippen molar-refractivity contribution in [2.75, 3.05) is 6.61 Å². The van der Waals surface area contributed by atoms with Crippen LogP contribution in [0.1, 0.15) is 42.9 Å². The van der Waals surface area contributed by atoms with Gasteiger partial charge in [0.15, 0.2) is 11.6 Å². The van der Waals surface area contributed by atoms with Gasteiger partial charge < -0.3 is 4.74 Å². The van der Waals surface area contributed by atoms with Crippen LogP contribution in [0.15, 0.2) is 67.3 Å². The van der Waals surface area contributed by atoms with Crippen molar-refractivity contribution in [2.45, 2.75) is 38.7 Å². The first-order valence-corrected chi connectivity index (χ1v) is 11.0. The van der Waals surface area contributed by atoms with E-state index in [1.165, 1.54) is 13.0 Å². The largest absolute Gasteiger partial charge is 0.373 e. The van der Waals surface area contributed by atoms with Gasteiger partial charge in [-0.15, -0.1) is 6.58 Å². The molecule has 0 saturated carbocycles. The molecule has 0 spiro atoms. The highest BCUT2D eigenvalue weighted by atomic mass is 19.2. The van der Waals surface area contributed by atoms with Crippen molar-refractivity contribution in [2.24, 2.45) is 5.92 Å². The highest BCUT2D eigenvalue weighted by molar-refractivity contribution is 5.71. The van der Waals surface area contributed by atoms with Gasteiger partial charge in [-0.2, -0.15) is 0 Å². The molecule has 0 N–H and O–H groups in total. The molecule has 1 heterocycles. The molecule has 1 nitrogen and oxygen atoms in total. The molecule has 0 aliphatic carbocycles. The quantitative estimate of drug-likeness (QED) is 0.354. The van der Waals surface area contributed by atoms with Crippen molar-refractivity contribution < 1.29 is 17.9 Å². The van der Waals surface area contributed by atoms with Gasteiger partial charge in [-0.1, -0.05) is 54.6 Å². The van der Waals surface area contributed by atoms with E-state index in [4.69, 9.17) is 4.74 Å². The molecule has 2 atom stereocenters. The second-order valence-corrected chi connectivity index (χ2v) is 8.50. The van der Waals surface area contributed by atoms with Gasteiger partial charge >= 0.3 is 0 Å². The average molecular weight is 437 g/mol. The molecule has 4 heteroatoms. The summed E-state index contributed by atoms with van der Waals surface area (Å²) in [5, 5.41) is 0. The maximum atomic E-state index is 14.9. The summed E-state index contributed by atoms with van der Waals surface area (Å²) in [6, 6.07) is 15.4. The monoisotopic (exact) mass is 436 g/mol. The van der Waals surface area contributed by atoms with Crippen LogP contribution in [0.3, 0.4) is 0 Å². The van der Waals surface area contributed by atoms with Crippen LogP contribution >= 0.6 is 0 Å². The summed E-state index contributed by atoms with van der Waals surface area (Å²) in [6.07, 6.45) is 5.58. The van der Waals surface area contributed by atoms with Gasteiger partial charge in [0, 0.05) is 11.1 Å². The standard InChI is InChI=1S/C28H27F3O/c1-3-4-5-19-7-15-26(32-17-19)24-14-12-22(16-25(24)29)20-8-10-21(11-9-20)23-13-6-18(2)27(30)28(23)31/h3,6,8-14,16,19,26H,1,4-5,7,15,17H2,2H3. The summed E-state index contributed by atoms with van der Waals surface area (Å²) in [4.78, 5) is 0. The Morgan fingerprint density at radius 1 is 0.906 bits per heavy atom. The number of hydrogen-bond acceptors (Lipinski definition) is 1. The number of ether oxygens (including phenoxy) is 1. The molecule has 0 amide bonds. The van der Waals surface area contributed by atoms with Crippen molar-refractivity contribution in [3.05, 3.63) is 95.8 Å². The lowest BCUT2D eigenvalue weighted by atomic mass is 9.90. The fourth-order valence-corrected chi connectivity index (χ4v) is 4.31. The van der Waals surface area contributed by atoms with Gasteiger partial charge in [0.05, 0.1) is 12.7 Å². The van der Waals surface area contributed by atoms with Crippen molar-refractivity contribution in [3.63, 3.8) is 0 Å². The Hall–Kier alpha value is -2.85. The summed E-state index contributed by atoms with van der Waals surface area (Å²) >= 11 is 0. The Bertz CT molecular complexity index is 1100. The Labute approximate surface area is 187 Å². The summed E-state index contributed by atoms with van der Waals surface area (Å²) in [7, 11) is 0. The minimum atomic E-state index is -0.854. The predicted octanol–water partition coefficient (Wildman–Crippen LogP) is 8.18. The highest BCUT2D eigenvalue weighted by Crippen LogP contribution is 2.35. The number of benzene rings is 3. The van der Waals surface area contributed by atoms with E-state index in [1.54, 1.807) is 42.5 Å². The summed E-state index contributed by atoms with van der Waals surface area (Å²) in [5.74, 6) is -1.46. The van der Waals surface area contributed by atoms with Gasteiger partial charge in [0.2, 0.25) is 0 Å². The van der Waals surface area contributed by atoms with Crippen LogP contribution in [0.5, 0.6) is 0 Å². The minimum Gasteiger partial charge on any atom is -0.373 e. The molecule has 166 valence electrons. The number of allylic oxidation sites excluding steroid dienone is 1. The van der Waals surface area contributed by atoms with Gasteiger partial charge in [0.25, 0.3) is 0 Å². The maximum absolute atomic E-state index is 14.9. The first-order chi connectivity index (χ1) is 15.5. The molecule has 1 aliphatic heterocycles. The smallest absolute Gasteiger partial charge is 0.166 e. The Morgan fingerprint density at radius 3 is 2.28 bits per heavy atom. The lowest BCUT2D eigenvalue weighted by Crippen LogP contribution is -2.21. The van der Waals surface area contributed by atoms with E-state index in [1.807, 2.05) is 12.1 Å². The number of halogens is 3. The molecular formula is C28H27F3O. The topological polar surface area (TPSA) is 9.23 Å². The molecule has 1 saturated heterocycles. The lowest BCUT2D eigenvalue weighted by molar-refractivity contribution is -0.0207. The number of rotatable bonds is 6. The second kappa shape index (κ2) is 9.74. The van der Waals surface area contributed by atoms with Crippen molar-refractivity contribution in [1.29, 1.82) is 0 Å². The Morgan fingerprint density at radius 2 is 1.62 bits per heavy atom. The lowest BCUT2D eigenvalue weighted by Gasteiger charge is -2.29. The molecular weight excluding hydrogens is 409 g/mol. The van der Waals surface area contributed by atoms with Gasteiger partial charge in [-0.3, -0.25) is 0 Å². The zero-order valence-corrected chi connectivity index (χ0v) is 18.2. The van der Waals surface area contributed by atoms with E-state index in [0.717, 1.165) is 36.8 Å². The van der Waals surface area contributed by atoms with Crippen molar-refractivity contribution in [1.82, 2.24) is 0 Å². The highest BCUT2D eigenvalue weighted by Gasteiger charge is 2.25. The Kier molecular flexibility index (Phi) is 6.80. The van der Waals surface area contributed by atoms with E-state index in [0.29, 0.717) is 23.7 Å². The van der Waals surface area contributed by atoms with Crippen LogP contribution in [0, 0.1) is 30.3 Å². The Balaban J connectivity index is 1.49. The van der Waals surface area contributed by atoms with Crippen LogP contribution in [-0.2, 0) is 4.74 Å². The normalized spacial score (nSPS) is 18.5. The summed E-state index contributed by atoms with van der Waals surface area (Å²) in [6.45, 7) is 5.94. The van der Waals surface area contributed by atoms with Crippen molar-refractivity contribution >= 4 is 0 Å². The molecule has 3 aromatic rings. The van der Waals surface area contributed by atoms with Gasteiger partial charge in [-0.05, 0) is 66.8 Å². The maximum Gasteiger partial charge on any atom is 0.166 e. The number of aryl methyl sites for hydroxylation is 1. The summed E-state index contributed by atoms with van der Waals surface area (Å²) in [5.41, 5.74) is 3.18. The summed E-state index contributed by atoms with van der Waals surface area (Å²) < 4.78 is 49.1. The third-order valence-electron chi connectivity index (χ3n) is 6.30. The fraction of sp³-hybridized carbons (Fsp3) is 0.286. The van der Waals surface area contributed by atoms with Crippen LogP contribution < -0.4 is 0 Å². The molecule has 32 heavy (non-hydrogen) atoms. The molecule has 2 unspecified atom stereocenters. The van der Waals surface area contributed by atoms with Crippen LogP contribution in [0.4, 0.5) is 13.2 Å². The third kappa shape index (κ3) is 4.66. The van der Waals surface area contributed by atoms with Crippen molar-refractivity contribution in [3.8, 4) is 22.3 Å². The molecule has 4 rings (SSSR count). The van der Waals surface area contributed by atoms with Crippen LogP contribution in [0.25, 0.3) is 22.3 Å². The first-order valence-electron chi connectivity index (χ1n) is 11.0. The minimum absolute atomic E-state index is 0.210. The van der Waals surface area contributed by atoms with Crippen LogP contribution in [0.2, 0.25) is 0 Å². The average Bonchev–Trinajstić information content (AvgIpc) is 2.82. The molecule has 0 radical (unpaired) electrons. The van der Waals surface area contributed by atoms with E-state index in [2.05, 4.69) is 6.58 Å². The zero-order chi connectivity index (χ0) is 22.7.